The molecule has 34 heavy (non-hydrogen) atoms. The van der Waals surface area contributed by atoms with Crippen molar-refractivity contribution in [3.8, 4) is 6.07 Å². The smallest absolute Gasteiger partial charge is 0.359 e. The van der Waals surface area contributed by atoms with Gasteiger partial charge in [-0.25, -0.2) is 12.7 Å². The molecule has 4 rings (SSSR count). The Hall–Kier alpha value is -2.32. The third-order valence-electron chi connectivity index (χ3n) is 7.23. The van der Waals surface area contributed by atoms with Crippen molar-refractivity contribution in [1.82, 2.24) is 9.62 Å². The molecule has 0 aromatic heterocycles. The second kappa shape index (κ2) is 8.72. The molecule has 1 saturated carbocycles. The summed E-state index contributed by atoms with van der Waals surface area (Å²) < 4.78 is 67.4. The van der Waals surface area contributed by atoms with Crippen molar-refractivity contribution in [1.29, 1.82) is 5.26 Å². The molecule has 0 radical (unpaired) electrons. The molecule has 1 spiro atoms. The molecule has 3 aliphatic rings. The van der Waals surface area contributed by atoms with Gasteiger partial charge >= 0.3 is 6.18 Å². The van der Waals surface area contributed by atoms with Crippen LogP contribution in [0, 0.1) is 16.7 Å². The molecule has 1 aromatic rings. The van der Waals surface area contributed by atoms with E-state index >= 15 is 0 Å². The van der Waals surface area contributed by atoms with Crippen molar-refractivity contribution in [3.63, 3.8) is 0 Å². The average Bonchev–Trinajstić information content (AvgIpc) is 3.52. The van der Waals surface area contributed by atoms with Gasteiger partial charge in [0.25, 0.3) is 0 Å². The first-order chi connectivity index (χ1) is 15.9. The molecule has 1 N–H and O–H groups in total. The molecule has 3 fully saturated rings. The van der Waals surface area contributed by atoms with E-state index in [1.165, 1.54) is 10.4 Å². The highest BCUT2D eigenvalue weighted by Crippen LogP contribution is 2.46. The molecule has 2 heterocycles. The predicted molar refractivity (Wildman–Crippen MR) is 120 cm³/mol. The summed E-state index contributed by atoms with van der Waals surface area (Å²) in [5.74, 6) is -0.213. The minimum absolute atomic E-state index is 0.107. The van der Waals surface area contributed by atoms with E-state index < -0.39 is 38.6 Å². The monoisotopic (exact) mass is 498 g/mol. The third kappa shape index (κ3) is 4.75. The van der Waals surface area contributed by atoms with Gasteiger partial charge < -0.3 is 10.2 Å². The van der Waals surface area contributed by atoms with Gasteiger partial charge in [0, 0.05) is 31.4 Å². The first kappa shape index (κ1) is 24.8. The number of hydrogen-bond donors (Lipinski definition) is 1. The maximum atomic E-state index is 13.6. The van der Waals surface area contributed by atoms with Crippen molar-refractivity contribution < 1.29 is 26.4 Å². The first-order valence-electron chi connectivity index (χ1n) is 11.5. The van der Waals surface area contributed by atoms with Crippen molar-refractivity contribution in [2.75, 3.05) is 24.5 Å². The molecular weight excluding hydrogens is 469 g/mol. The van der Waals surface area contributed by atoms with Crippen molar-refractivity contribution >= 4 is 21.6 Å². The maximum Gasteiger partial charge on any atom is 0.417 e. The van der Waals surface area contributed by atoms with Crippen LogP contribution in [-0.4, -0.2) is 55.6 Å². The summed E-state index contributed by atoms with van der Waals surface area (Å²) in [5.41, 5.74) is -1.61. The van der Waals surface area contributed by atoms with E-state index in [-0.39, 0.29) is 23.1 Å². The van der Waals surface area contributed by atoms with E-state index in [9.17, 15) is 26.4 Å². The Morgan fingerprint density at radius 2 is 1.88 bits per heavy atom. The van der Waals surface area contributed by atoms with Gasteiger partial charge in [-0.15, -0.1) is 0 Å². The zero-order valence-electron chi connectivity index (χ0n) is 19.2. The molecule has 1 amide bonds. The molecule has 2 saturated heterocycles. The Labute approximate surface area is 197 Å². The molecule has 0 bridgehead atoms. The summed E-state index contributed by atoms with van der Waals surface area (Å²) in [5, 5.41) is 11.6. The SMILES string of the molecule is CC(C)S(=O)(=O)N1CCC2(CC1)CC(C(=O)NC1CC1)N(c1ccc(C#N)c(C(F)(F)F)c1)C2. The van der Waals surface area contributed by atoms with E-state index in [1.807, 2.05) is 0 Å². The number of rotatable bonds is 5. The highest BCUT2D eigenvalue weighted by molar-refractivity contribution is 7.89. The number of carbonyl (C=O) groups is 1. The van der Waals surface area contributed by atoms with Gasteiger partial charge in [-0.05, 0) is 69.6 Å². The van der Waals surface area contributed by atoms with Gasteiger partial charge in [0.1, 0.15) is 6.04 Å². The molecule has 2 aliphatic heterocycles. The van der Waals surface area contributed by atoms with E-state index in [1.54, 1.807) is 24.8 Å². The molecular formula is C23H29F3N4O3S. The lowest BCUT2D eigenvalue weighted by Crippen LogP contribution is -2.46. The molecule has 1 atom stereocenters. The summed E-state index contributed by atoms with van der Waals surface area (Å²) in [4.78, 5) is 14.8. The minimum atomic E-state index is -4.69. The summed E-state index contributed by atoms with van der Waals surface area (Å²) in [6, 6.07) is 4.61. The zero-order chi connectivity index (χ0) is 24.9. The average molecular weight is 499 g/mol. The van der Waals surface area contributed by atoms with Gasteiger partial charge in [-0.2, -0.15) is 18.4 Å². The second-order valence-corrected chi connectivity index (χ2v) is 12.5. The normalized spacial score (nSPS) is 23.3. The second-order valence-electron chi connectivity index (χ2n) is 9.96. The summed E-state index contributed by atoms with van der Waals surface area (Å²) >= 11 is 0. The number of alkyl halides is 3. The number of anilines is 1. The van der Waals surface area contributed by atoms with Crippen LogP contribution in [-0.2, 0) is 21.0 Å². The van der Waals surface area contributed by atoms with Crippen LogP contribution in [0.25, 0.3) is 0 Å². The molecule has 1 unspecified atom stereocenters. The van der Waals surface area contributed by atoms with E-state index in [4.69, 9.17) is 5.26 Å². The fourth-order valence-electron chi connectivity index (χ4n) is 5.01. The predicted octanol–water partition coefficient (Wildman–Crippen LogP) is 3.25. The van der Waals surface area contributed by atoms with Gasteiger partial charge in [0.2, 0.25) is 15.9 Å². The Morgan fingerprint density at radius 1 is 1.24 bits per heavy atom. The number of nitrogens with zero attached hydrogens (tertiary/aromatic N) is 3. The van der Waals surface area contributed by atoms with Gasteiger partial charge in [0.05, 0.1) is 22.4 Å². The lowest BCUT2D eigenvalue weighted by Gasteiger charge is -2.39. The van der Waals surface area contributed by atoms with Crippen LogP contribution in [0.15, 0.2) is 18.2 Å². The van der Waals surface area contributed by atoms with E-state index in [0.29, 0.717) is 38.9 Å². The Morgan fingerprint density at radius 3 is 2.41 bits per heavy atom. The van der Waals surface area contributed by atoms with Crippen LogP contribution in [0.4, 0.5) is 18.9 Å². The van der Waals surface area contributed by atoms with Crippen LogP contribution in [0.5, 0.6) is 0 Å². The van der Waals surface area contributed by atoms with Crippen LogP contribution in [0.2, 0.25) is 0 Å². The van der Waals surface area contributed by atoms with Gasteiger partial charge in [0.15, 0.2) is 0 Å². The number of amides is 1. The molecule has 1 aromatic carbocycles. The zero-order valence-corrected chi connectivity index (χ0v) is 20.0. The third-order valence-corrected chi connectivity index (χ3v) is 9.51. The largest absolute Gasteiger partial charge is 0.417 e. The topological polar surface area (TPSA) is 93.5 Å². The lowest BCUT2D eigenvalue weighted by atomic mass is 9.77. The number of hydrogen-bond acceptors (Lipinski definition) is 5. The number of halogens is 3. The number of piperidine rings is 1. The Balaban J connectivity index is 1.63. The van der Waals surface area contributed by atoms with Gasteiger partial charge in [-0.3, -0.25) is 4.79 Å². The highest BCUT2D eigenvalue weighted by Gasteiger charge is 2.50. The molecule has 186 valence electrons. The maximum absolute atomic E-state index is 13.6. The van der Waals surface area contributed by atoms with Crippen LogP contribution < -0.4 is 10.2 Å². The molecule has 7 nitrogen and oxygen atoms in total. The van der Waals surface area contributed by atoms with Crippen LogP contribution >= 0.6 is 0 Å². The highest BCUT2D eigenvalue weighted by atomic mass is 32.2. The number of nitriles is 1. The van der Waals surface area contributed by atoms with Crippen molar-refractivity contribution in [2.45, 2.75) is 69.5 Å². The quantitative estimate of drug-likeness (QED) is 0.673. The number of benzene rings is 1. The number of sulfonamides is 1. The van der Waals surface area contributed by atoms with Crippen molar-refractivity contribution in [3.05, 3.63) is 29.3 Å². The lowest BCUT2D eigenvalue weighted by molar-refractivity contribution is -0.137. The van der Waals surface area contributed by atoms with E-state index in [2.05, 4.69) is 5.32 Å². The van der Waals surface area contributed by atoms with Crippen LogP contribution in [0.1, 0.15) is 57.1 Å². The van der Waals surface area contributed by atoms with Crippen LogP contribution in [0.3, 0.4) is 0 Å². The molecule has 1 aliphatic carbocycles. The first-order valence-corrected chi connectivity index (χ1v) is 13.0. The Bertz CT molecular complexity index is 1100. The molecule has 11 heteroatoms. The standard InChI is InChI=1S/C23H29F3N4O3S/c1-15(2)34(32,33)29-9-7-22(8-10-29)12-20(21(31)28-17-4-5-17)30(14-22)18-6-3-16(13-27)19(11-18)23(24,25)26/h3,6,11,15,17,20H,4-5,7-10,12,14H2,1-2H3,(H,28,31). The number of carbonyl (C=O) groups excluding carboxylic acids is 1. The fraction of sp³-hybridized carbons (Fsp3) is 0.652. The van der Waals surface area contributed by atoms with Gasteiger partial charge in [-0.1, -0.05) is 0 Å². The number of nitrogens with one attached hydrogen (secondary N) is 1. The van der Waals surface area contributed by atoms with Crippen molar-refractivity contribution in [2.24, 2.45) is 5.41 Å². The summed E-state index contributed by atoms with van der Waals surface area (Å²) in [6.07, 6.45) is -1.40. The summed E-state index contributed by atoms with van der Waals surface area (Å²) in [7, 11) is -3.39. The Kier molecular flexibility index (Phi) is 6.36. The fourth-order valence-corrected chi connectivity index (χ4v) is 6.29. The van der Waals surface area contributed by atoms with E-state index in [0.717, 1.165) is 25.0 Å². The summed E-state index contributed by atoms with van der Waals surface area (Å²) in [6.45, 7) is 4.28. The minimum Gasteiger partial charge on any atom is -0.359 e.